The zero-order valence-electron chi connectivity index (χ0n) is 9.54. The van der Waals surface area contributed by atoms with Crippen molar-refractivity contribution in [2.75, 3.05) is 6.61 Å². The van der Waals surface area contributed by atoms with E-state index < -0.39 is 0 Å². The first-order chi connectivity index (χ1) is 7.59. The molecule has 0 aliphatic rings. The number of aryl methyl sites for hydroxylation is 1. The summed E-state index contributed by atoms with van der Waals surface area (Å²) in [5.74, 6) is 0.472. The van der Waals surface area contributed by atoms with Gasteiger partial charge in [0.1, 0.15) is 5.75 Å². The molecule has 0 unspecified atom stereocenters. The van der Waals surface area contributed by atoms with Gasteiger partial charge in [0.25, 0.3) is 5.91 Å². The first kappa shape index (κ1) is 12.1. The Labute approximate surface area is 95.3 Å². The van der Waals surface area contributed by atoms with Crippen molar-refractivity contribution in [2.24, 2.45) is 0 Å². The number of hydrogen-bond donors (Lipinski definition) is 2. The smallest absolute Gasteiger partial charge is 0.276 e. The van der Waals surface area contributed by atoms with E-state index in [1.807, 2.05) is 31.2 Å². The minimum atomic E-state index is -0.244. The van der Waals surface area contributed by atoms with Gasteiger partial charge in [0.2, 0.25) is 0 Å². The standard InChI is InChI=1S/C12H16N2O2/c1-9(2)13-14-12(15)8-16-11-7-5-4-6-10(11)3/h4-7,13H,1,8H2,2-3H3,(H,14,15). The summed E-state index contributed by atoms with van der Waals surface area (Å²) in [7, 11) is 0. The van der Waals surface area contributed by atoms with Crippen LogP contribution in [0.25, 0.3) is 0 Å². The lowest BCUT2D eigenvalue weighted by Crippen LogP contribution is -2.38. The summed E-state index contributed by atoms with van der Waals surface area (Å²) in [5, 5.41) is 0. The van der Waals surface area contributed by atoms with E-state index in [-0.39, 0.29) is 12.5 Å². The molecular formula is C12H16N2O2. The van der Waals surface area contributed by atoms with E-state index in [1.54, 1.807) is 6.92 Å². The fourth-order valence-corrected chi connectivity index (χ4v) is 1.07. The Morgan fingerprint density at radius 1 is 1.38 bits per heavy atom. The summed E-state index contributed by atoms with van der Waals surface area (Å²) >= 11 is 0. The highest BCUT2D eigenvalue weighted by Crippen LogP contribution is 2.15. The van der Waals surface area contributed by atoms with Crippen LogP contribution in [0.15, 0.2) is 36.5 Å². The van der Waals surface area contributed by atoms with Crippen molar-refractivity contribution in [1.82, 2.24) is 10.9 Å². The van der Waals surface area contributed by atoms with Crippen molar-refractivity contribution >= 4 is 5.91 Å². The second kappa shape index (κ2) is 5.80. The van der Waals surface area contributed by atoms with Crippen molar-refractivity contribution in [3.63, 3.8) is 0 Å². The Hall–Kier alpha value is -1.97. The van der Waals surface area contributed by atoms with Gasteiger partial charge in [-0.25, -0.2) is 0 Å². The number of nitrogens with one attached hydrogen (secondary N) is 2. The molecule has 16 heavy (non-hydrogen) atoms. The molecule has 0 bridgehead atoms. The predicted molar refractivity (Wildman–Crippen MR) is 62.8 cm³/mol. The number of carbonyl (C=O) groups excluding carboxylic acids is 1. The van der Waals surface area contributed by atoms with Crippen molar-refractivity contribution in [3.8, 4) is 5.75 Å². The van der Waals surface area contributed by atoms with Crippen molar-refractivity contribution in [1.29, 1.82) is 0 Å². The number of rotatable bonds is 5. The van der Waals surface area contributed by atoms with Gasteiger partial charge in [-0.2, -0.15) is 0 Å². The molecule has 0 saturated carbocycles. The average Bonchev–Trinajstić information content (AvgIpc) is 2.25. The molecule has 0 spiro atoms. The van der Waals surface area contributed by atoms with Crippen molar-refractivity contribution in [3.05, 3.63) is 42.1 Å². The molecule has 0 heterocycles. The Bertz CT molecular complexity index is 388. The van der Waals surface area contributed by atoms with Crippen LogP contribution in [-0.2, 0) is 4.79 Å². The molecule has 0 aromatic heterocycles. The van der Waals surface area contributed by atoms with Crippen LogP contribution in [0.2, 0.25) is 0 Å². The van der Waals surface area contributed by atoms with E-state index in [9.17, 15) is 4.79 Å². The Kier molecular flexibility index (Phi) is 4.39. The molecule has 1 rings (SSSR count). The number of hydrogen-bond acceptors (Lipinski definition) is 3. The third kappa shape index (κ3) is 4.04. The van der Waals surface area contributed by atoms with Gasteiger partial charge in [-0.05, 0) is 25.5 Å². The molecule has 86 valence electrons. The quantitative estimate of drug-likeness (QED) is 0.740. The van der Waals surface area contributed by atoms with E-state index in [2.05, 4.69) is 17.4 Å². The molecule has 1 amide bonds. The topological polar surface area (TPSA) is 50.4 Å². The lowest BCUT2D eigenvalue weighted by atomic mass is 10.2. The minimum Gasteiger partial charge on any atom is -0.483 e. The van der Waals surface area contributed by atoms with Gasteiger partial charge in [0.15, 0.2) is 6.61 Å². The Morgan fingerprint density at radius 2 is 2.06 bits per heavy atom. The molecule has 1 aromatic carbocycles. The number of amides is 1. The number of hydrazine groups is 1. The second-order valence-corrected chi connectivity index (χ2v) is 3.51. The van der Waals surface area contributed by atoms with Gasteiger partial charge in [0.05, 0.1) is 0 Å². The first-order valence-electron chi connectivity index (χ1n) is 4.98. The Balaban J connectivity index is 2.37. The number of para-hydroxylation sites is 1. The third-order valence-corrected chi connectivity index (χ3v) is 1.87. The van der Waals surface area contributed by atoms with E-state index in [1.165, 1.54) is 0 Å². The number of ether oxygens (including phenoxy) is 1. The molecule has 0 fully saturated rings. The predicted octanol–water partition coefficient (Wildman–Crippen LogP) is 1.53. The summed E-state index contributed by atoms with van der Waals surface area (Å²) in [6, 6.07) is 7.55. The molecule has 0 saturated heterocycles. The summed E-state index contributed by atoms with van der Waals surface area (Å²) < 4.78 is 5.35. The van der Waals surface area contributed by atoms with Gasteiger partial charge in [-0.1, -0.05) is 24.8 Å². The highest BCUT2D eigenvalue weighted by molar-refractivity contribution is 5.77. The largest absolute Gasteiger partial charge is 0.483 e. The lowest BCUT2D eigenvalue weighted by Gasteiger charge is -2.10. The van der Waals surface area contributed by atoms with Crippen molar-refractivity contribution in [2.45, 2.75) is 13.8 Å². The van der Waals surface area contributed by atoms with Crippen LogP contribution in [0.1, 0.15) is 12.5 Å². The van der Waals surface area contributed by atoms with E-state index in [0.717, 1.165) is 5.56 Å². The van der Waals surface area contributed by atoms with Gasteiger partial charge in [-0.3, -0.25) is 10.2 Å². The summed E-state index contributed by atoms with van der Waals surface area (Å²) in [5.41, 5.74) is 6.75. The fraction of sp³-hybridized carbons (Fsp3) is 0.250. The summed E-state index contributed by atoms with van der Waals surface area (Å²) in [6.07, 6.45) is 0. The van der Waals surface area contributed by atoms with Crippen LogP contribution < -0.4 is 15.6 Å². The fourth-order valence-electron chi connectivity index (χ4n) is 1.07. The molecule has 0 atom stereocenters. The lowest BCUT2D eigenvalue weighted by molar-refractivity contribution is -0.123. The van der Waals surface area contributed by atoms with E-state index in [0.29, 0.717) is 11.4 Å². The number of carbonyl (C=O) groups is 1. The van der Waals surface area contributed by atoms with Crippen LogP contribution in [0, 0.1) is 6.92 Å². The SMILES string of the molecule is C=C(C)NNC(=O)COc1ccccc1C. The molecule has 2 N–H and O–H groups in total. The molecular weight excluding hydrogens is 204 g/mol. The average molecular weight is 220 g/mol. The maximum absolute atomic E-state index is 11.3. The van der Waals surface area contributed by atoms with Gasteiger partial charge in [0, 0.05) is 5.70 Å². The van der Waals surface area contributed by atoms with Crippen LogP contribution in [0.3, 0.4) is 0 Å². The third-order valence-electron chi connectivity index (χ3n) is 1.87. The zero-order chi connectivity index (χ0) is 12.0. The van der Waals surface area contributed by atoms with E-state index in [4.69, 9.17) is 4.74 Å². The van der Waals surface area contributed by atoms with Crippen molar-refractivity contribution < 1.29 is 9.53 Å². The molecule has 4 heteroatoms. The van der Waals surface area contributed by atoms with Gasteiger partial charge >= 0.3 is 0 Å². The summed E-state index contributed by atoms with van der Waals surface area (Å²) in [4.78, 5) is 11.3. The first-order valence-corrected chi connectivity index (χ1v) is 4.98. The monoisotopic (exact) mass is 220 g/mol. The van der Waals surface area contributed by atoms with Crippen LogP contribution in [0.4, 0.5) is 0 Å². The van der Waals surface area contributed by atoms with Crippen LogP contribution in [-0.4, -0.2) is 12.5 Å². The van der Waals surface area contributed by atoms with Crippen LogP contribution >= 0.6 is 0 Å². The normalized spacial score (nSPS) is 9.38. The van der Waals surface area contributed by atoms with Gasteiger partial charge in [-0.15, -0.1) is 0 Å². The molecule has 0 aliphatic heterocycles. The van der Waals surface area contributed by atoms with Crippen LogP contribution in [0.5, 0.6) is 5.75 Å². The zero-order valence-corrected chi connectivity index (χ0v) is 9.54. The maximum atomic E-state index is 11.3. The molecule has 0 radical (unpaired) electrons. The van der Waals surface area contributed by atoms with E-state index >= 15 is 0 Å². The second-order valence-electron chi connectivity index (χ2n) is 3.51. The maximum Gasteiger partial charge on any atom is 0.276 e. The number of benzene rings is 1. The highest BCUT2D eigenvalue weighted by Gasteiger charge is 2.03. The molecule has 4 nitrogen and oxygen atoms in total. The number of allylic oxidation sites excluding steroid dienone is 1. The minimum absolute atomic E-state index is 0.0227. The summed E-state index contributed by atoms with van der Waals surface area (Å²) in [6.45, 7) is 7.25. The Morgan fingerprint density at radius 3 is 2.69 bits per heavy atom. The molecule has 0 aliphatic carbocycles. The molecule has 1 aromatic rings. The van der Waals surface area contributed by atoms with Gasteiger partial charge < -0.3 is 10.2 Å². The highest BCUT2D eigenvalue weighted by atomic mass is 16.5.